The highest BCUT2D eigenvalue weighted by atomic mass is 35.5. The molecule has 2 atom stereocenters. The first kappa shape index (κ1) is 25.6. The van der Waals surface area contributed by atoms with Gasteiger partial charge in [-0.1, -0.05) is 62.2 Å². The lowest BCUT2D eigenvalue weighted by atomic mass is 9.77. The van der Waals surface area contributed by atoms with Gasteiger partial charge in [-0.2, -0.15) is 0 Å². The molecule has 3 rings (SSSR count). The average Bonchev–Trinajstić information content (AvgIpc) is 2.80. The van der Waals surface area contributed by atoms with E-state index in [0.29, 0.717) is 25.5 Å². The molecule has 1 amide bonds. The fourth-order valence-corrected chi connectivity index (χ4v) is 4.81. The molecule has 1 heterocycles. The van der Waals surface area contributed by atoms with Crippen molar-refractivity contribution in [3.8, 4) is 5.75 Å². The molecule has 2 aromatic carbocycles. The van der Waals surface area contributed by atoms with E-state index in [2.05, 4.69) is 30.9 Å². The fourth-order valence-electron chi connectivity index (χ4n) is 4.69. The van der Waals surface area contributed by atoms with Gasteiger partial charge >= 0.3 is 0 Å². The Morgan fingerprint density at radius 2 is 2.00 bits per heavy atom. The number of benzene rings is 2. The maximum Gasteiger partial charge on any atom is 0.223 e. The number of likely N-dealkylation sites (tertiary alicyclic amines) is 1. The Morgan fingerprint density at radius 1 is 1.24 bits per heavy atom. The van der Waals surface area contributed by atoms with Gasteiger partial charge < -0.3 is 14.5 Å². The second kappa shape index (κ2) is 11.9. The Labute approximate surface area is 204 Å². The highest BCUT2D eigenvalue weighted by Crippen LogP contribution is 2.36. The zero-order valence-corrected chi connectivity index (χ0v) is 21.4. The predicted molar refractivity (Wildman–Crippen MR) is 137 cm³/mol. The van der Waals surface area contributed by atoms with Gasteiger partial charge in [0, 0.05) is 43.5 Å². The van der Waals surface area contributed by atoms with E-state index in [1.54, 1.807) is 0 Å². The van der Waals surface area contributed by atoms with E-state index in [-0.39, 0.29) is 11.3 Å². The molecule has 0 bridgehead atoms. The van der Waals surface area contributed by atoms with Gasteiger partial charge in [-0.05, 0) is 61.6 Å². The van der Waals surface area contributed by atoms with E-state index >= 15 is 0 Å². The summed E-state index contributed by atoms with van der Waals surface area (Å²) in [4.78, 5) is 17.7. The van der Waals surface area contributed by atoms with E-state index in [1.807, 2.05) is 55.3 Å². The van der Waals surface area contributed by atoms with E-state index in [1.165, 1.54) is 6.42 Å². The van der Waals surface area contributed by atoms with Gasteiger partial charge in [0.2, 0.25) is 5.91 Å². The number of ether oxygens (including phenoxy) is 1. The number of piperidine rings is 1. The third-order valence-corrected chi connectivity index (χ3v) is 7.32. The smallest absolute Gasteiger partial charge is 0.223 e. The third kappa shape index (κ3) is 7.48. The van der Waals surface area contributed by atoms with Crippen molar-refractivity contribution in [1.29, 1.82) is 0 Å². The highest BCUT2D eigenvalue weighted by molar-refractivity contribution is 6.31. The number of carbonyl (C=O) groups is 1. The van der Waals surface area contributed by atoms with Gasteiger partial charge in [-0.25, -0.2) is 0 Å². The number of halogens is 1. The number of hydrogen-bond acceptors (Lipinski definition) is 3. The van der Waals surface area contributed by atoms with Crippen molar-refractivity contribution in [3.63, 3.8) is 0 Å². The van der Waals surface area contributed by atoms with Crippen molar-refractivity contribution >= 4 is 17.5 Å². The van der Waals surface area contributed by atoms with Crippen molar-refractivity contribution in [2.24, 2.45) is 11.3 Å². The van der Waals surface area contributed by atoms with E-state index in [9.17, 15) is 4.79 Å². The lowest BCUT2D eigenvalue weighted by Gasteiger charge is -2.43. The Hall–Kier alpha value is -2.04. The molecule has 33 heavy (non-hydrogen) atoms. The first-order valence-electron chi connectivity index (χ1n) is 12.2. The maximum atomic E-state index is 13.4. The Balaban J connectivity index is 1.73. The van der Waals surface area contributed by atoms with Gasteiger partial charge in [0.05, 0.1) is 6.61 Å². The molecule has 0 N–H and O–H groups in total. The quantitative estimate of drug-likeness (QED) is 0.414. The standard InChI is InChI=1S/C28H39ClN2O2/c1-5-22(2)18-31-15-9-14-28(20-31,21-33-25-12-13-26(29)23(3)16-25)17-27(32)30(4)19-24-10-7-6-8-11-24/h6-8,10-13,16,22H,5,9,14-15,17-21H2,1-4H3/t22-,28+/m0/s1. The van der Waals surface area contributed by atoms with Crippen LogP contribution in [0.2, 0.25) is 5.02 Å². The van der Waals surface area contributed by atoms with Crippen LogP contribution in [-0.2, 0) is 11.3 Å². The van der Waals surface area contributed by atoms with Crippen LogP contribution in [0.4, 0.5) is 0 Å². The van der Waals surface area contributed by atoms with E-state index in [4.69, 9.17) is 16.3 Å². The predicted octanol–water partition coefficient (Wildman–Crippen LogP) is 6.20. The molecule has 1 saturated heterocycles. The number of rotatable bonds is 10. The lowest BCUT2D eigenvalue weighted by Crippen LogP contribution is -2.49. The van der Waals surface area contributed by atoms with E-state index in [0.717, 1.165) is 54.4 Å². The number of nitrogens with zero attached hydrogens (tertiary/aromatic N) is 2. The minimum atomic E-state index is -0.193. The Bertz CT molecular complexity index is 904. The van der Waals surface area contributed by atoms with Crippen LogP contribution in [0.3, 0.4) is 0 Å². The normalized spacial score (nSPS) is 19.8. The minimum Gasteiger partial charge on any atom is -0.493 e. The molecule has 0 saturated carbocycles. The monoisotopic (exact) mass is 470 g/mol. The second-order valence-corrected chi connectivity index (χ2v) is 10.4. The molecule has 0 unspecified atom stereocenters. The van der Waals surface area contributed by atoms with Crippen LogP contribution in [0, 0.1) is 18.3 Å². The molecule has 0 aliphatic carbocycles. The average molecular weight is 471 g/mol. The van der Waals surface area contributed by atoms with Crippen molar-refractivity contribution in [1.82, 2.24) is 9.80 Å². The van der Waals surface area contributed by atoms with Gasteiger partial charge in [-0.3, -0.25) is 4.79 Å². The van der Waals surface area contributed by atoms with Crippen molar-refractivity contribution < 1.29 is 9.53 Å². The molecule has 1 aliphatic rings. The van der Waals surface area contributed by atoms with Gasteiger partial charge in [-0.15, -0.1) is 0 Å². The number of hydrogen-bond donors (Lipinski definition) is 0. The Kier molecular flexibility index (Phi) is 9.22. The molecule has 2 aromatic rings. The summed E-state index contributed by atoms with van der Waals surface area (Å²) in [6.07, 6.45) is 3.76. The molecule has 1 fully saturated rings. The topological polar surface area (TPSA) is 32.8 Å². The maximum absolute atomic E-state index is 13.4. The summed E-state index contributed by atoms with van der Waals surface area (Å²) >= 11 is 6.20. The van der Waals surface area contributed by atoms with Crippen molar-refractivity contribution in [2.45, 2.75) is 53.0 Å². The molecule has 1 aliphatic heterocycles. The molecule has 180 valence electrons. The SMILES string of the molecule is CC[C@H](C)CN1CCC[C@@](COc2ccc(Cl)c(C)c2)(CC(=O)N(C)Cc2ccccc2)C1. The van der Waals surface area contributed by atoms with Gasteiger partial charge in [0.15, 0.2) is 0 Å². The first-order valence-corrected chi connectivity index (χ1v) is 12.6. The lowest BCUT2D eigenvalue weighted by molar-refractivity contribution is -0.135. The van der Waals surface area contributed by atoms with Crippen LogP contribution in [0.25, 0.3) is 0 Å². The molecule has 0 aromatic heterocycles. The fraction of sp³-hybridized carbons (Fsp3) is 0.536. The molecular weight excluding hydrogens is 432 g/mol. The summed E-state index contributed by atoms with van der Waals surface area (Å²) in [6, 6.07) is 16.0. The molecule has 4 nitrogen and oxygen atoms in total. The van der Waals surface area contributed by atoms with Crippen LogP contribution in [0.1, 0.15) is 50.7 Å². The number of aryl methyl sites for hydroxylation is 1. The summed E-state index contributed by atoms with van der Waals surface area (Å²) < 4.78 is 6.31. The summed E-state index contributed by atoms with van der Waals surface area (Å²) in [7, 11) is 1.91. The van der Waals surface area contributed by atoms with Crippen molar-refractivity contribution in [2.75, 3.05) is 33.3 Å². The highest BCUT2D eigenvalue weighted by Gasteiger charge is 2.39. The summed E-state index contributed by atoms with van der Waals surface area (Å²) in [5.41, 5.74) is 1.96. The summed E-state index contributed by atoms with van der Waals surface area (Å²) in [5, 5.41) is 0.743. The van der Waals surface area contributed by atoms with E-state index < -0.39 is 0 Å². The Morgan fingerprint density at radius 3 is 2.70 bits per heavy atom. The van der Waals surface area contributed by atoms with Gasteiger partial charge in [0.25, 0.3) is 0 Å². The van der Waals surface area contributed by atoms with Gasteiger partial charge in [0.1, 0.15) is 5.75 Å². The van der Waals surface area contributed by atoms with Crippen LogP contribution >= 0.6 is 11.6 Å². The first-order chi connectivity index (χ1) is 15.8. The zero-order chi connectivity index (χ0) is 23.8. The largest absolute Gasteiger partial charge is 0.493 e. The number of amides is 1. The molecule has 0 spiro atoms. The summed E-state index contributed by atoms with van der Waals surface area (Å²) in [6.45, 7) is 10.8. The van der Waals surface area contributed by atoms with Crippen LogP contribution in [0.5, 0.6) is 5.75 Å². The third-order valence-electron chi connectivity index (χ3n) is 6.90. The number of carbonyl (C=O) groups excluding carboxylic acids is 1. The minimum absolute atomic E-state index is 0.181. The molecule has 5 heteroatoms. The van der Waals surface area contributed by atoms with Crippen molar-refractivity contribution in [3.05, 3.63) is 64.7 Å². The second-order valence-electron chi connectivity index (χ2n) is 9.96. The zero-order valence-electron chi connectivity index (χ0n) is 20.6. The molecular formula is C28H39ClN2O2. The van der Waals surface area contributed by atoms with Crippen LogP contribution < -0.4 is 4.74 Å². The summed E-state index contributed by atoms with van der Waals surface area (Å²) in [5.74, 6) is 1.65. The molecule has 0 radical (unpaired) electrons. The van der Waals surface area contributed by atoms with Crippen LogP contribution in [-0.4, -0.2) is 49.0 Å². The van der Waals surface area contributed by atoms with Crippen LogP contribution in [0.15, 0.2) is 48.5 Å².